The van der Waals surface area contributed by atoms with Gasteiger partial charge in [0.25, 0.3) is 0 Å². The summed E-state index contributed by atoms with van der Waals surface area (Å²) in [6.07, 6.45) is 0. The Balaban J connectivity index is -0.000000854. The molecule has 9 nitrogen and oxygen atoms in total. The molecule has 0 N–H and O–H groups in total. The average Bonchev–Trinajstić information content (AvgIpc) is 3.34. The molecule has 3 rings (SSSR count). The van der Waals surface area contributed by atoms with Gasteiger partial charge in [-0.15, -0.1) is 0 Å². The Morgan fingerprint density at radius 3 is 1.97 bits per heavy atom. The summed E-state index contributed by atoms with van der Waals surface area (Å²) >= 11 is 7.33. The van der Waals surface area contributed by atoms with Crippen LogP contribution in [0, 0.1) is 33.3 Å². The molecule has 0 saturated heterocycles. The quantitative estimate of drug-likeness (QED) is 0.298. The molecule has 0 spiro atoms. The molecule has 2 aromatic carbocycles. The Bertz CT molecular complexity index is 1040. The molecular formula is C23H16ClN3O6W. The maximum atomic E-state index is 7.50. The maximum absolute atomic E-state index is 7.50. The van der Waals surface area contributed by atoms with Gasteiger partial charge in [0.1, 0.15) is 0 Å². The summed E-state index contributed by atoms with van der Waals surface area (Å²) in [7, 11) is 0. The van der Waals surface area contributed by atoms with Gasteiger partial charge in [0.2, 0.25) is 0 Å². The minimum absolute atomic E-state index is 0.604. The molecule has 172 valence electrons. The monoisotopic (exact) mass is 649 g/mol. The molecule has 0 aliphatic carbocycles. The van der Waals surface area contributed by atoms with Crippen LogP contribution in [0.1, 0.15) is 18.2 Å². The summed E-state index contributed by atoms with van der Waals surface area (Å²) in [5.74, 6) is 0. The van der Waals surface area contributed by atoms with Crippen molar-refractivity contribution < 1.29 is 47.4 Å². The van der Waals surface area contributed by atoms with Crippen LogP contribution in [0.5, 0.6) is 0 Å². The number of ether oxygens (including phenoxy) is 1. The third-order valence-corrected chi connectivity index (χ3v) is 4.83. The zero-order chi connectivity index (χ0) is 26.9. The van der Waals surface area contributed by atoms with Gasteiger partial charge in [0.15, 0.2) is 0 Å². The fourth-order valence-electron chi connectivity index (χ4n) is 2.45. The second kappa shape index (κ2) is 24.7. The molecule has 1 aromatic heterocycles. The van der Waals surface area contributed by atoms with Gasteiger partial charge in [0.05, 0.1) is 0 Å². The number of hydrogen-bond donors (Lipinski definition) is 0. The topological polar surface area (TPSA) is 139 Å². The van der Waals surface area contributed by atoms with Crippen molar-refractivity contribution in [1.82, 2.24) is 15.0 Å². The summed E-state index contributed by atoms with van der Waals surface area (Å²) in [5.41, 5.74) is 3.92. The Labute approximate surface area is 213 Å². The SMILES string of the molecule is CCO[C](=[W])c1nnn(Cc2cccc(Cl)c2)c1-c1ccccc1.[C-]#[O+].[C-]#[O+].[C-]#[O+].[C-]#[O+].[C-]#[O+]. The van der Waals surface area contributed by atoms with E-state index in [1.165, 1.54) is 19.4 Å². The molecule has 0 fully saturated rings. The van der Waals surface area contributed by atoms with Gasteiger partial charge in [-0.25, -0.2) is 0 Å². The molecule has 0 atom stereocenters. The van der Waals surface area contributed by atoms with E-state index in [9.17, 15) is 0 Å². The first-order valence-corrected chi connectivity index (χ1v) is 10.5. The van der Waals surface area contributed by atoms with Crippen LogP contribution in [0.4, 0.5) is 0 Å². The molecular weight excluding hydrogens is 634 g/mol. The summed E-state index contributed by atoms with van der Waals surface area (Å²) in [6, 6.07) is 17.9. The average molecular weight is 650 g/mol. The summed E-state index contributed by atoms with van der Waals surface area (Å²) in [5, 5.41) is 9.44. The number of halogens is 1. The van der Waals surface area contributed by atoms with Crippen molar-refractivity contribution in [3.63, 3.8) is 0 Å². The molecule has 0 bridgehead atoms. The van der Waals surface area contributed by atoms with Gasteiger partial charge >= 0.3 is 213 Å². The van der Waals surface area contributed by atoms with Crippen molar-refractivity contribution in [2.75, 3.05) is 6.61 Å². The third kappa shape index (κ3) is 12.4. The van der Waals surface area contributed by atoms with Crippen molar-refractivity contribution in [3.8, 4) is 11.3 Å². The van der Waals surface area contributed by atoms with Gasteiger partial charge in [-0.3, -0.25) is 0 Å². The van der Waals surface area contributed by atoms with E-state index in [-0.39, 0.29) is 0 Å². The molecule has 11 heteroatoms. The molecule has 0 amide bonds. The number of nitrogens with zero attached hydrogens (tertiary/aromatic N) is 3. The zero-order valence-corrected chi connectivity index (χ0v) is 21.4. The van der Waals surface area contributed by atoms with Crippen molar-refractivity contribution in [2.45, 2.75) is 13.5 Å². The second-order valence-corrected chi connectivity index (χ2v) is 6.93. The number of hydrogen-bond acceptors (Lipinski definition) is 3. The predicted molar refractivity (Wildman–Crippen MR) is 111 cm³/mol. The van der Waals surface area contributed by atoms with Crippen LogP contribution in [0.3, 0.4) is 0 Å². The Hall–Kier alpha value is -2.91. The van der Waals surface area contributed by atoms with E-state index < -0.39 is 0 Å². The van der Waals surface area contributed by atoms with E-state index in [0.29, 0.717) is 13.2 Å². The Morgan fingerprint density at radius 1 is 0.912 bits per heavy atom. The number of benzene rings is 2. The molecule has 3 aromatic rings. The van der Waals surface area contributed by atoms with Crippen molar-refractivity contribution in [1.29, 1.82) is 0 Å². The fraction of sp³-hybridized carbons (Fsp3) is 0.130. The fourth-order valence-corrected chi connectivity index (χ4v) is 3.58. The molecule has 1 heterocycles. The molecule has 0 unspecified atom stereocenters. The predicted octanol–water partition coefficient (Wildman–Crippen LogP) is 3.52. The number of rotatable bonds is 6. The van der Waals surface area contributed by atoms with Gasteiger partial charge < -0.3 is 0 Å². The summed E-state index contributed by atoms with van der Waals surface area (Å²) in [6.45, 7) is 25.7. The van der Waals surface area contributed by atoms with Crippen LogP contribution in [0.25, 0.3) is 11.3 Å². The third-order valence-electron chi connectivity index (χ3n) is 3.47. The Kier molecular flexibility index (Phi) is 25.9. The molecule has 0 radical (unpaired) electrons. The molecule has 0 aliphatic rings. The van der Waals surface area contributed by atoms with E-state index in [2.05, 4.69) is 55.7 Å². The molecule has 0 aliphatic heterocycles. The second-order valence-electron chi connectivity index (χ2n) is 5.16. The van der Waals surface area contributed by atoms with E-state index in [1.807, 2.05) is 54.1 Å². The standard InChI is InChI=1S/C18H16ClN3O.5CO.W/c1-2-23-13-17-18(15-8-4-3-5-9-15)22(21-20-17)12-14-7-6-10-16(19)11-14;5*1-2;/h3-11H,2,12H2,1H3;;;;;;. The summed E-state index contributed by atoms with van der Waals surface area (Å²) < 4.78 is 45.9. The van der Waals surface area contributed by atoms with Crippen LogP contribution < -0.4 is 0 Å². The summed E-state index contributed by atoms with van der Waals surface area (Å²) in [4.78, 5) is 0. The van der Waals surface area contributed by atoms with Crippen molar-refractivity contribution in [2.24, 2.45) is 0 Å². The van der Waals surface area contributed by atoms with E-state index in [1.54, 1.807) is 0 Å². The van der Waals surface area contributed by atoms with Crippen LogP contribution in [-0.4, -0.2) is 25.7 Å². The minimum atomic E-state index is 0.604. The van der Waals surface area contributed by atoms with E-state index >= 15 is 0 Å². The van der Waals surface area contributed by atoms with E-state index in [0.717, 1.165) is 31.6 Å². The normalized spacial score (nSPS) is 7.88. The van der Waals surface area contributed by atoms with Crippen LogP contribution >= 0.6 is 11.6 Å². The number of aromatic nitrogens is 3. The Morgan fingerprint density at radius 2 is 1.47 bits per heavy atom. The van der Waals surface area contributed by atoms with Crippen LogP contribution in [0.2, 0.25) is 5.02 Å². The van der Waals surface area contributed by atoms with Crippen molar-refractivity contribution in [3.05, 3.63) is 104 Å². The van der Waals surface area contributed by atoms with Gasteiger partial charge in [-0.1, -0.05) is 0 Å². The molecule has 34 heavy (non-hydrogen) atoms. The van der Waals surface area contributed by atoms with Crippen LogP contribution in [-0.2, 0) is 53.9 Å². The first-order chi connectivity index (χ1) is 16.7. The van der Waals surface area contributed by atoms with Gasteiger partial charge in [-0.05, 0) is 0 Å². The molecule has 0 saturated carbocycles. The van der Waals surface area contributed by atoms with E-state index in [4.69, 9.17) is 39.6 Å². The van der Waals surface area contributed by atoms with Crippen molar-refractivity contribution >= 4 is 15.7 Å². The van der Waals surface area contributed by atoms with Crippen LogP contribution in [0.15, 0.2) is 54.6 Å². The van der Waals surface area contributed by atoms with Gasteiger partial charge in [-0.2, -0.15) is 0 Å². The first-order valence-electron chi connectivity index (χ1n) is 8.61. The van der Waals surface area contributed by atoms with Gasteiger partial charge in [0, 0.05) is 0 Å². The first kappa shape index (κ1) is 35.7. The zero-order valence-electron chi connectivity index (χ0n) is 17.7.